The molecule has 4 fully saturated rings. The lowest BCUT2D eigenvalue weighted by Gasteiger charge is -2.42. The number of aliphatic hydroxyl groups is 2. The average Bonchev–Trinajstić information content (AvgIpc) is 1.48. The number of oxazole rings is 1. The van der Waals surface area contributed by atoms with Gasteiger partial charge in [-0.25, -0.2) is 29.2 Å². The van der Waals surface area contributed by atoms with Crippen LogP contribution in [0.5, 0.6) is 0 Å². The van der Waals surface area contributed by atoms with E-state index in [9.17, 15) is 43.8 Å². The molecule has 6 aromatic rings. The van der Waals surface area contributed by atoms with E-state index in [1.54, 1.807) is 65.5 Å². The number of piperidine rings is 1. The van der Waals surface area contributed by atoms with Gasteiger partial charge in [0.15, 0.2) is 17.0 Å². The van der Waals surface area contributed by atoms with Crippen LogP contribution in [0.1, 0.15) is 147 Å². The van der Waals surface area contributed by atoms with Crippen LogP contribution in [-0.4, -0.2) is 276 Å². The Hall–Kier alpha value is -9.82. The van der Waals surface area contributed by atoms with Gasteiger partial charge in [-0.3, -0.25) is 28.9 Å². The van der Waals surface area contributed by atoms with E-state index in [-0.39, 0.29) is 74.7 Å². The molecule has 12 rings (SSSR count). The van der Waals surface area contributed by atoms with Gasteiger partial charge in [-0.1, -0.05) is 82.4 Å². The highest BCUT2D eigenvalue weighted by atomic mass is 16.6. The SMILES string of the molecule is CO[C@H]1C[C@@H]2CC[C@@H](C)[C@@](O)(O2)C(=O)C(=O)N2CCCC[C@H]2C(=O)O[C@H]([C@H](N)C[C@@H]2CC[C@@H](OC(=O)NCc3cnc(N4CCN(CCOCCOCCOCCOCCC(=O)N5CCc6cc(Cn7nc(-c8ccc9oc(N)nc9c8)c8c(N)ccnc87)ccc6C5)CC4)nc3)[C@H](OC)C2)CC(=O)[C@H](C)/C=C(\C)[C@@H](O)[C@@H](OC)C(=O)[C@H](C)C[C@H](C)/C=C/C=C/C=C/1C. The maximum absolute atomic E-state index is 14.8. The summed E-state index contributed by atoms with van der Waals surface area (Å²) in [4.78, 5) is 125. The number of cyclic esters (lactones) is 1. The number of ether oxygens (including phenoxy) is 10. The van der Waals surface area contributed by atoms with Crippen LogP contribution in [0.4, 0.5) is 22.4 Å². The van der Waals surface area contributed by atoms with E-state index < -0.39 is 108 Å². The molecule has 1 saturated carbocycles. The second-order valence-electron chi connectivity index (χ2n) is 34.9. The molecule has 34 heteroatoms. The average molecular weight is 1780 g/mol. The van der Waals surface area contributed by atoms with Crippen LogP contribution in [0.2, 0.25) is 0 Å². The number of hydrogen-bond donors (Lipinski definition) is 6. The van der Waals surface area contributed by atoms with Crippen LogP contribution in [0, 0.1) is 29.6 Å². The van der Waals surface area contributed by atoms with Crippen molar-refractivity contribution in [2.75, 3.05) is 136 Å². The summed E-state index contributed by atoms with van der Waals surface area (Å²) in [6, 6.07) is 11.6. The maximum Gasteiger partial charge on any atom is 0.407 e. The van der Waals surface area contributed by atoms with Gasteiger partial charge in [0.25, 0.3) is 17.7 Å². The van der Waals surface area contributed by atoms with Gasteiger partial charge >= 0.3 is 12.1 Å². The Morgan fingerprint density at radius 2 is 1.48 bits per heavy atom. The van der Waals surface area contributed by atoms with Crippen molar-refractivity contribution in [3.05, 3.63) is 131 Å². The summed E-state index contributed by atoms with van der Waals surface area (Å²) in [6.45, 7) is 19.5. The topological polar surface area (TPSA) is 438 Å². The summed E-state index contributed by atoms with van der Waals surface area (Å²) in [5.74, 6) is -8.07. The first kappa shape index (κ1) is 97.2. The Balaban J connectivity index is 0.531. The number of carbonyl (C=O) groups is 7. The molecule has 128 heavy (non-hydrogen) atoms. The van der Waals surface area contributed by atoms with Crippen molar-refractivity contribution in [2.24, 2.45) is 35.3 Å². The van der Waals surface area contributed by atoms with Crippen molar-refractivity contribution >= 4 is 81.0 Å². The second kappa shape index (κ2) is 46.6. The molecule has 696 valence electrons. The molecule has 9 N–H and O–H groups in total. The van der Waals surface area contributed by atoms with Gasteiger partial charge in [0.05, 0.1) is 89.5 Å². The number of benzene rings is 2. The van der Waals surface area contributed by atoms with Crippen molar-refractivity contribution in [1.29, 1.82) is 0 Å². The summed E-state index contributed by atoms with van der Waals surface area (Å²) in [6.07, 6.45) is 14.1. The first-order valence-corrected chi connectivity index (χ1v) is 45.1. The number of hydrogen-bond acceptors (Lipinski definition) is 30. The largest absolute Gasteiger partial charge is 0.459 e. The van der Waals surface area contributed by atoms with Crippen LogP contribution in [-0.2, 0) is 102 Å². The Bertz CT molecular complexity index is 4870. The summed E-state index contributed by atoms with van der Waals surface area (Å²) in [5.41, 5.74) is 28.6. The van der Waals surface area contributed by atoms with Gasteiger partial charge in [-0.05, 0) is 148 Å². The van der Waals surface area contributed by atoms with E-state index in [4.69, 9.17) is 74.1 Å². The number of nitrogen functional groups attached to an aromatic ring is 2. The molecule has 6 aliphatic rings. The fourth-order valence-corrected chi connectivity index (χ4v) is 18.0. The van der Waals surface area contributed by atoms with E-state index >= 15 is 0 Å². The number of nitrogens with two attached hydrogens (primary N) is 3. The molecular weight excluding hydrogens is 1650 g/mol. The lowest BCUT2D eigenvalue weighted by molar-refractivity contribution is -0.265. The lowest BCUT2D eigenvalue weighted by atomic mass is 9.80. The molecule has 0 spiro atoms. The van der Waals surface area contributed by atoms with E-state index in [1.807, 2.05) is 72.0 Å². The third kappa shape index (κ3) is 25.6. The standard InChI is InChI=1S/C94H130N14O20/c1-58-15-11-10-12-16-59(2)78(118-7)51-70-23-18-63(6)94(117,128-70)87(113)89(114)107-30-14-13-17-74(107)90(115)125-79(52-75(109)60(3)46-62(5)85(112)86(120-9)84(111)61(4)45-58)72(96)48-64-20-24-77(80(49-64)119-8)127-93(116)101-55-66-53-99-92(100-54-66)105-34-32-104(33-35-105)36-38-122-40-42-124-44-43-123-41-39-121-37-28-81(110)106-31-27-67-47-65(19-21-69(67)57-106)56-108-88-82(71(95)26-29-98-88)83(103-108)68-22-25-76-73(50-68)102-91(97)126-76/h10-12,15-16,19,21-22,25-26,29,46-47,50,53-54,58,60-61,63-64,70,72,74,77-80,85-86,112,117H,13-14,17-18,20,23-24,27-28,30-45,48-49,51-52,55-57,96H2,1-9H3,(H2,95,98)(H2,97,102)(H,101,116)/b12-10+,15-11+,59-16+,62-46+/t58-,60-,61-,63-,64+,70+,72-,74+,77-,78+,79+,80-,85-,86+,94-/m1/s1. The van der Waals surface area contributed by atoms with Gasteiger partial charge < -0.3 is 99.2 Å². The number of piperazine rings is 1. The zero-order chi connectivity index (χ0) is 91.1. The Morgan fingerprint density at radius 1 is 0.742 bits per heavy atom. The number of Topliss-reactive ketones (excluding diaryl/α,β-unsaturated/α-hetero) is 3. The van der Waals surface area contributed by atoms with Gasteiger partial charge in [0.1, 0.15) is 47.5 Å². The Kier molecular flexibility index (Phi) is 35.4. The predicted molar refractivity (Wildman–Crippen MR) is 478 cm³/mol. The Morgan fingerprint density at radius 3 is 2.22 bits per heavy atom. The highest BCUT2D eigenvalue weighted by molar-refractivity contribution is 6.39. The fourth-order valence-electron chi connectivity index (χ4n) is 18.0. The minimum absolute atomic E-state index is 0.00818. The van der Waals surface area contributed by atoms with E-state index in [1.165, 1.54) is 19.8 Å². The number of aromatic nitrogens is 6. The van der Waals surface area contributed by atoms with Crippen molar-refractivity contribution in [1.82, 2.24) is 49.7 Å². The molecule has 4 aromatic heterocycles. The number of anilines is 3. The molecule has 15 atom stereocenters. The van der Waals surface area contributed by atoms with Crippen LogP contribution >= 0.6 is 0 Å². The fraction of sp³-hybridized carbons (Fsp3) is 0.596. The van der Waals surface area contributed by atoms with E-state index in [0.29, 0.717) is 169 Å². The summed E-state index contributed by atoms with van der Waals surface area (Å²) >= 11 is 0. The molecule has 2 bridgehead atoms. The summed E-state index contributed by atoms with van der Waals surface area (Å²) in [7, 11) is 4.45. The van der Waals surface area contributed by atoms with Gasteiger partial charge in [-0.2, -0.15) is 10.1 Å². The number of nitrogens with one attached hydrogen (secondary N) is 1. The van der Waals surface area contributed by atoms with Crippen LogP contribution < -0.4 is 27.4 Å². The maximum atomic E-state index is 14.8. The molecule has 1 aliphatic carbocycles. The minimum Gasteiger partial charge on any atom is -0.459 e. The number of aliphatic hydroxyl groups excluding tert-OH is 1. The second-order valence-corrected chi connectivity index (χ2v) is 34.9. The number of fused-ring (bicyclic) bond motifs is 6. The molecule has 3 amide bonds. The third-order valence-corrected chi connectivity index (χ3v) is 25.7. The normalized spacial score (nSPS) is 27.7. The Labute approximate surface area is 748 Å². The number of amides is 3. The van der Waals surface area contributed by atoms with Crippen molar-refractivity contribution in [3.8, 4) is 11.3 Å². The van der Waals surface area contributed by atoms with Gasteiger partial charge in [0, 0.05) is 152 Å². The molecular formula is C94H130N14O20. The molecule has 3 saturated heterocycles. The highest BCUT2D eigenvalue weighted by Gasteiger charge is 2.53. The number of rotatable bonds is 28. The number of nitrogens with zero attached hydrogens (tertiary/aromatic N) is 10. The third-order valence-electron chi connectivity index (χ3n) is 25.7. The minimum atomic E-state index is -2.51. The van der Waals surface area contributed by atoms with Gasteiger partial charge in [-0.15, -0.1) is 0 Å². The quantitative estimate of drug-likeness (QED) is 0.0116. The lowest BCUT2D eigenvalue weighted by Crippen LogP contribution is -2.61. The summed E-state index contributed by atoms with van der Waals surface area (Å²) < 4.78 is 66.4. The highest BCUT2D eigenvalue weighted by Crippen LogP contribution is 2.40. The molecule has 0 unspecified atom stereocenters. The molecule has 0 radical (unpaired) electrons. The number of alkyl carbamates (subject to hydrolysis) is 1. The smallest absolute Gasteiger partial charge is 0.407 e. The predicted octanol–water partition coefficient (Wildman–Crippen LogP) is 8.52. The van der Waals surface area contributed by atoms with Gasteiger partial charge in [0.2, 0.25) is 17.6 Å². The summed E-state index contributed by atoms with van der Waals surface area (Å²) in [5, 5.41) is 32.4. The number of ketones is 3. The van der Waals surface area contributed by atoms with Crippen molar-refractivity contribution < 1.29 is 95.6 Å². The van der Waals surface area contributed by atoms with E-state index in [2.05, 4.69) is 53.3 Å². The van der Waals surface area contributed by atoms with Crippen molar-refractivity contribution in [3.63, 3.8) is 0 Å². The number of allylic oxidation sites excluding steroid dienone is 6. The number of methoxy groups -OCH3 is 3. The van der Waals surface area contributed by atoms with E-state index in [0.717, 1.165) is 71.7 Å². The van der Waals surface area contributed by atoms with Crippen LogP contribution in [0.3, 0.4) is 0 Å². The molecule has 34 nitrogen and oxygen atoms in total. The zero-order valence-corrected chi connectivity index (χ0v) is 75.4. The first-order valence-electron chi connectivity index (χ1n) is 45.1. The number of esters is 1. The van der Waals surface area contributed by atoms with Crippen molar-refractivity contribution in [2.45, 2.75) is 212 Å². The number of pyridine rings is 1. The molecule has 5 aliphatic heterocycles. The molecule has 9 heterocycles. The number of carbonyl (C=O) groups excluding carboxylic acids is 7. The zero-order valence-electron chi connectivity index (χ0n) is 75.4. The first-order chi connectivity index (χ1) is 61.7. The monoisotopic (exact) mass is 1770 g/mol. The van der Waals surface area contributed by atoms with Crippen LogP contribution in [0.25, 0.3) is 33.4 Å². The van der Waals surface area contributed by atoms with Crippen LogP contribution in [0.15, 0.2) is 113 Å². The molecule has 2 aromatic carbocycles.